The number of ether oxygens (including phenoxy) is 1. The highest BCUT2D eigenvalue weighted by Gasteiger charge is 2.40. The molecule has 0 bridgehead atoms. The molecule has 1 aromatic carbocycles. The van der Waals surface area contributed by atoms with Crippen LogP contribution in [0.5, 0.6) is 0 Å². The Bertz CT molecular complexity index is 711. The molecule has 1 fully saturated rings. The van der Waals surface area contributed by atoms with E-state index >= 15 is 0 Å². The first-order chi connectivity index (χ1) is 10.3. The van der Waals surface area contributed by atoms with Gasteiger partial charge in [-0.1, -0.05) is 18.2 Å². The molecule has 5 heteroatoms. The van der Waals surface area contributed by atoms with Gasteiger partial charge in [-0.3, -0.25) is 4.90 Å². The van der Waals surface area contributed by atoms with Gasteiger partial charge in [0.2, 0.25) is 0 Å². The van der Waals surface area contributed by atoms with Crippen LogP contribution < -0.4 is 0 Å². The summed E-state index contributed by atoms with van der Waals surface area (Å²) in [6.07, 6.45) is -1.35. The zero-order chi connectivity index (χ0) is 16.1. The number of benzene rings is 1. The Labute approximate surface area is 129 Å². The van der Waals surface area contributed by atoms with E-state index in [1.807, 2.05) is 45.0 Å². The Morgan fingerprint density at radius 2 is 2.09 bits per heavy atom. The molecule has 118 valence electrons. The monoisotopic (exact) mass is 303 g/mol. The van der Waals surface area contributed by atoms with Crippen LogP contribution in [0.1, 0.15) is 51.2 Å². The number of aliphatic hydroxyl groups excluding tert-OH is 1. The third-order valence-corrected chi connectivity index (χ3v) is 3.98. The zero-order valence-corrected chi connectivity index (χ0v) is 13.3. The Morgan fingerprint density at radius 1 is 1.36 bits per heavy atom. The van der Waals surface area contributed by atoms with E-state index in [4.69, 9.17) is 9.15 Å². The number of fused-ring (bicyclic) bond motifs is 1. The van der Waals surface area contributed by atoms with Crippen molar-refractivity contribution in [1.82, 2.24) is 4.90 Å². The number of carbonyl (C=O) groups excluding carboxylic acids is 1. The summed E-state index contributed by atoms with van der Waals surface area (Å²) in [5, 5.41) is 10.7. The van der Waals surface area contributed by atoms with Crippen LogP contribution in [0.25, 0.3) is 11.0 Å². The molecule has 22 heavy (non-hydrogen) atoms. The van der Waals surface area contributed by atoms with E-state index in [2.05, 4.69) is 0 Å². The van der Waals surface area contributed by atoms with E-state index in [9.17, 15) is 9.90 Å². The molecule has 1 saturated heterocycles. The molecule has 2 heterocycles. The summed E-state index contributed by atoms with van der Waals surface area (Å²) in [6.45, 7) is 8.09. The maximum absolute atomic E-state index is 12.0. The fraction of sp³-hybridized carbons (Fsp3) is 0.471. The van der Waals surface area contributed by atoms with Gasteiger partial charge in [0.15, 0.2) is 6.10 Å². The van der Waals surface area contributed by atoms with Crippen molar-refractivity contribution in [2.24, 2.45) is 0 Å². The lowest BCUT2D eigenvalue weighted by atomic mass is 10.1. The van der Waals surface area contributed by atoms with E-state index < -0.39 is 12.2 Å². The van der Waals surface area contributed by atoms with Crippen molar-refractivity contribution in [2.45, 2.75) is 45.4 Å². The summed E-state index contributed by atoms with van der Waals surface area (Å²) in [7, 11) is 0. The Balaban J connectivity index is 1.95. The Hall–Kier alpha value is -2.01. The van der Waals surface area contributed by atoms with Gasteiger partial charge in [0.05, 0.1) is 12.6 Å². The van der Waals surface area contributed by atoms with Crippen molar-refractivity contribution >= 4 is 17.1 Å². The van der Waals surface area contributed by atoms with Crippen molar-refractivity contribution in [3.8, 4) is 0 Å². The van der Waals surface area contributed by atoms with E-state index in [0.29, 0.717) is 17.9 Å². The van der Waals surface area contributed by atoms with Gasteiger partial charge >= 0.3 is 6.09 Å². The quantitative estimate of drug-likeness (QED) is 0.917. The lowest BCUT2D eigenvalue weighted by molar-refractivity contribution is 0.114. The molecule has 0 spiro atoms. The van der Waals surface area contributed by atoms with Gasteiger partial charge in [0, 0.05) is 16.5 Å². The van der Waals surface area contributed by atoms with Crippen molar-refractivity contribution in [3.63, 3.8) is 0 Å². The number of para-hydroxylation sites is 1. The van der Waals surface area contributed by atoms with Gasteiger partial charge in [-0.25, -0.2) is 4.79 Å². The van der Waals surface area contributed by atoms with Crippen LogP contribution in [0, 0.1) is 0 Å². The highest BCUT2D eigenvalue weighted by Crippen LogP contribution is 2.35. The number of hydrogen-bond acceptors (Lipinski definition) is 4. The van der Waals surface area contributed by atoms with Crippen LogP contribution in [-0.4, -0.2) is 28.2 Å². The van der Waals surface area contributed by atoms with Crippen molar-refractivity contribution in [1.29, 1.82) is 0 Å². The standard InChI is InChI=1S/C17H21NO4/c1-10(19)12-7-5-6-11-8-13(21-15(11)12)14-9-18(16(20)22-14)17(2,3)4/h5-8,10,14,19H,9H2,1-4H3/t10-,14-/m0/s1. The molecule has 3 rings (SSSR count). The summed E-state index contributed by atoms with van der Waals surface area (Å²) >= 11 is 0. The summed E-state index contributed by atoms with van der Waals surface area (Å²) in [5.41, 5.74) is 1.10. The highest BCUT2D eigenvalue weighted by molar-refractivity contribution is 5.82. The second-order valence-electron chi connectivity index (χ2n) is 6.74. The molecule has 0 unspecified atom stereocenters. The largest absolute Gasteiger partial charge is 0.457 e. The first-order valence-corrected chi connectivity index (χ1v) is 7.46. The molecule has 2 atom stereocenters. The van der Waals surface area contributed by atoms with E-state index in [1.165, 1.54) is 0 Å². The van der Waals surface area contributed by atoms with Gasteiger partial charge < -0.3 is 14.3 Å². The van der Waals surface area contributed by atoms with Crippen molar-refractivity contribution in [3.05, 3.63) is 35.6 Å². The van der Waals surface area contributed by atoms with Crippen LogP contribution in [0.15, 0.2) is 28.7 Å². The molecule has 1 aromatic heterocycles. The van der Waals surface area contributed by atoms with Crippen LogP contribution in [-0.2, 0) is 4.74 Å². The van der Waals surface area contributed by atoms with Crippen LogP contribution in [0.2, 0.25) is 0 Å². The Kier molecular flexibility index (Phi) is 3.40. The van der Waals surface area contributed by atoms with Crippen LogP contribution in [0.4, 0.5) is 4.79 Å². The molecular formula is C17H21NO4. The zero-order valence-electron chi connectivity index (χ0n) is 13.3. The average Bonchev–Trinajstić information content (AvgIpc) is 3.00. The van der Waals surface area contributed by atoms with Gasteiger partial charge in [-0.2, -0.15) is 0 Å². The lowest BCUT2D eigenvalue weighted by Gasteiger charge is -2.28. The minimum atomic E-state index is -0.611. The maximum Gasteiger partial charge on any atom is 0.411 e. The molecule has 0 saturated carbocycles. The van der Waals surface area contributed by atoms with Gasteiger partial charge in [-0.15, -0.1) is 0 Å². The number of furan rings is 1. The lowest BCUT2D eigenvalue weighted by Crippen LogP contribution is -2.41. The fourth-order valence-corrected chi connectivity index (χ4v) is 2.75. The summed E-state index contributed by atoms with van der Waals surface area (Å²) in [5.74, 6) is 0.614. The number of amides is 1. The number of carbonyl (C=O) groups is 1. The number of rotatable bonds is 2. The molecule has 5 nitrogen and oxygen atoms in total. The van der Waals surface area contributed by atoms with E-state index in [-0.39, 0.29) is 11.6 Å². The molecule has 0 radical (unpaired) electrons. The predicted molar refractivity (Wildman–Crippen MR) is 82.5 cm³/mol. The second-order valence-corrected chi connectivity index (χ2v) is 6.74. The van der Waals surface area contributed by atoms with Crippen molar-refractivity contribution < 1.29 is 19.1 Å². The molecule has 1 aliphatic rings. The van der Waals surface area contributed by atoms with Crippen LogP contribution in [0.3, 0.4) is 0 Å². The van der Waals surface area contributed by atoms with E-state index in [1.54, 1.807) is 11.8 Å². The minimum Gasteiger partial charge on any atom is -0.457 e. The highest BCUT2D eigenvalue weighted by atomic mass is 16.6. The third-order valence-electron chi connectivity index (χ3n) is 3.98. The predicted octanol–water partition coefficient (Wildman–Crippen LogP) is 3.78. The third kappa shape index (κ3) is 2.46. The van der Waals surface area contributed by atoms with Crippen LogP contribution >= 0.6 is 0 Å². The molecular weight excluding hydrogens is 282 g/mol. The summed E-state index contributed by atoms with van der Waals surface area (Å²) < 4.78 is 11.3. The normalized spacial score (nSPS) is 20.5. The molecule has 0 aliphatic carbocycles. The topological polar surface area (TPSA) is 62.9 Å². The van der Waals surface area contributed by atoms with Gasteiger partial charge in [0.1, 0.15) is 11.3 Å². The summed E-state index contributed by atoms with van der Waals surface area (Å²) in [4.78, 5) is 13.7. The fourth-order valence-electron chi connectivity index (χ4n) is 2.75. The molecule has 1 amide bonds. The molecule has 1 N–H and O–H groups in total. The minimum absolute atomic E-state index is 0.289. The average molecular weight is 303 g/mol. The number of cyclic esters (lactones) is 1. The first kappa shape index (κ1) is 14.9. The first-order valence-electron chi connectivity index (χ1n) is 7.46. The maximum atomic E-state index is 12.0. The number of nitrogens with zero attached hydrogens (tertiary/aromatic N) is 1. The van der Waals surface area contributed by atoms with Gasteiger partial charge in [0.25, 0.3) is 0 Å². The second kappa shape index (κ2) is 5.02. The SMILES string of the molecule is C[C@H](O)c1cccc2cc([C@@H]3CN(C(C)(C)C)C(=O)O3)oc12. The molecule has 1 aliphatic heterocycles. The van der Waals surface area contributed by atoms with Gasteiger partial charge in [-0.05, 0) is 33.8 Å². The summed E-state index contributed by atoms with van der Waals surface area (Å²) in [6, 6.07) is 7.52. The Morgan fingerprint density at radius 3 is 2.68 bits per heavy atom. The smallest absolute Gasteiger partial charge is 0.411 e. The van der Waals surface area contributed by atoms with E-state index in [0.717, 1.165) is 10.9 Å². The number of hydrogen-bond donors (Lipinski definition) is 1. The van der Waals surface area contributed by atoms with Crippen molar-refractivity contribution in [2.75, 3.05) is 6.54 Å². The number of aliphatic hydroxyl groups is 1. The molecule has 2 aromatic rings.